The Kier molecular flexibility index (Phi) is 6.43. The van der Waals surface area contributed by atoms with E-state index in [2.05, 4.69) is 73.5 Å². The van der Waals surface area contributed by atoms with Crippen LogP contribution in [0.5, 0.6) is 0 Å². The van der Waals surface area contributed by atoms with Crippen LogP contribution >= 0.6 is 0 Å². The molecule has 0 aliphatic heterocycles. The molecule has 0 spiro atoms. The highest BCUT2D eigenvalue weighted by Gasteiger charge is 2.13. The fraction of sp³-hybridized carbons (Fsp3) is 0.182. The summed E-state index contributed by atoms with van der Waals surface area (Å²) in [6.45, 7) is 7.07. The van der Waals surface area contributed by atoms with E-state index >= 15 is 0 Å². The minimum absolute atomic E-state index is 1.01. The average Bonchev–Trinajstić information content (AvgIpc) is 3.06. The third-order valence-electron chi connectivity index (χ3n) is 4.06. The Bertz CT molecular complexity index is 663. The molecule has 23 heavy (non-hydrogen) atoms. The van der Waals surface area contributed by atoms with Gasteiger partial charge in [-0.15, -0.1) is 0 Å². The number of benzene rings is 2. The van der Waals surface area contributed by atoms with Crippen molar-refractivity contribution in [2.24, 2.45) is 5.73 Å². The smallest absolute Gasteiger partial charge is 0.00258 e. The predicted octanol–water partition coefficient (Wildman–Crippen LogP) is 5.49. The molecule has 118 valence electrons. The molecule has 1 aliphatic carbocycles. The molecule has 0 aromatic heterocycles. The maximum atomic E-state index is 4.61. The van der Waals surface area contributed by atoms with Gasteiger partial charge in [-0.3, -0.25) is 0 Å². The minimum Gasteiger partial charge on any atom is -0.405 e. The number of hydrogen-bond acceptors (Lipinski definition) is 1. The lowest BCUT2D eigenvalue weighted by atomic mass is 9.98. The van der Waals surface area contributed by atoms with Crippen molar-refractivity contribution < 1.29 is 0 Å². The van der Waals surface area contributed by atoms with Crippen LogP contribution in [0.2, 0.25) is 0 Å². The highest BCUT2D eigenvalue weighted by atomic mass is 14.5. The molecule has 0 bridgehead atoms. The zero-order valence-electron chi connectivity index (χ0n) is 13.7. The highest BCUT2D eigenvalue weighted by Crippen LogP contribution is 2.34. The number of nitrogens with two attached hydrogens (primary N) is 1. The molecule has 1 nitrogen and oxygen atoms in total. The van der Waals surface area contributed by atoms with E-state index in [0.29, 0.717) is 0 Å². The first-order valence-electron chi connectivity index (χ1n) is 8.08. The highest BCUT2D eigenvalue weighted by molar-refractivity contribution is 5.72. The molecule has 2 aromatic rings. The maximum absolute atomic E-state index is 4.61. The molecule has 0 fully saturated rings. The molecule has 0 heterocycles. The van der Waals surface area contributed by atoms with Crippen LogP contribution < -0.4 is 5.73 Å². The summed E-state index contributed by atoms with van der Waals surface area (Å²) in [6, 6.07) is 19.7. The summed E-state index contributed by atoms with van der Waals surface area (Å²) >= 11 is 0. The van der Waals surface area contributed by atoms with Crippen molar-refractivity contribution in [3.05, 3.63) is 102 Å². The van der Waals surface area contributed by atoms with Gasteiger partial charge in [-0.05, 0) is 59.7 Å². The quantitative estimate of drug-likeness (QED) is 0.794. The Labute approximate surface area is 139 Å². The lowest BCUT2D eigenvalue weighted by molar-refractivity contribution is 0.921. The van der Waals surface area contributed by atoms with Crippen LogP contribution in [0.1, 0.15) is 36.0 Å². The summed E-state index contributed by atoms with van der Waals surface area (Å²) in [6.07, 6.45) is 7.93. The van der Waals surface area contributed by atoms with Crippen LogP contribution in [0, 0.1) is 0 Å². The van der Waals surface area contributed by atoms with Gasteiger partial charge in [-0.1, -0.05) is 73.8 Å². The predicted molar refractivity (Wildman–Crippen MR) is 101 cm³/mol. The molecule has 2 aromatic carbocycles. The second-order valence-electron chi connectivity index (χ2n) is 5.66. The van der Waals surface area contributed by atoms with E-state index in [9.17, 15) is 0 Å². The van der Waals surface area contributed by atoms with E-state index in [-0.39, 0.29) is 0 Å². The molecule has 0 unspecified atom stereocenters. The first-order valence-corrected chi connectivity index (χ1v) is 8.08. The van der Waals surface area contributed by atoms with Gasteiger partial charge >= 0.3 is 0 Å². The Morgan fingerprint density at radius 3 is 2.09 bits per heavy atom. The number of rotatable bonds is 4. The summed E-state index contributed by atoms with van der Waals surface area (Å²) in [5, 5.41) is 0. The van der Waals surface area contributed by atoms with Gasteiger partial charge in [0, 0.05) is 0 Å². The van der Waals surface area contributed by atoms with E-state index in [4.69, 9.17) is 0 Å². The van der Waals surface area contributed by atoms with E-state index in [1.807, 2.05) is 6.08 Å². The topological polar surface area (TPSA) is 26.0 Å². The van der Waals surface area contributed by atoms with E-state index in [1.54, 1.807) is 0 Å². The zero-order chi connectivity index (χ0) is 16.5. The van der Waals surface area contributed by atoms with Crippen molar-refractivity contribution in [2.75, 3.05) is 0 Å². The van der Waals surface area contributed by atoms with E-state index in [0.717, 1.165) is 6.42 Å². The first-order chi connectivity index (χ1) is 11.3. The van der Waals surface area contributed by atoms with Gasteiger partial charge in [-0.2, -0.15) is 0 Å². The van der Waals surface area contributed by atoms with Gasteiger partial charge in [0.05, 0.1) is 0 Å². The molecule has 0 atom stereocenters. The summed E-state index contributed by atoms with van der Waals surface area (Å²) in [7, 11) is 0. The zero-order valence-corrected chi connectivity index (χ0v) is 13.7. The van der Waals surface area contributed by atoms with Crippen molar-refractivity contribution in [1.82, 2.24) is 0 Å². The van der Waals surface area contributed by atoms with Crippen LogP contribution in [-0.2, 0) is 6.42 Å². The van der Waals surface area contributed by atoms with Crippen LogP contribution in [0.3, 0.4) is 0 Å². The Hall–Kier alpha value is -2.54. The third kappa shape index (κ3) is 4.72. The molecule has 1 aliphatic rings. The fourth-order valence-electron chi connectivity index (χ4n) is 2.98. The van der Waals surface area contributed by atoms with Crippen molar-refractivity contribution in [2.45, 2.75) is 25.7 Å². The lowest BCUT2D eigenvalue weighted by Crippen LogP contribution is -1.89. The second-order valence-corrected chi connectivity index (χ2v) is 5.66. The monoisotopic (exact) mass is 303 g/mol. The molecule has 0 amide bonds. The summed E-state index contributed by atoms with van der Waals surface area (Å²) < 4.78 is 0. The van der Waals surface area contributed by atoms with E-state index in [1.165, 1.54) is 53.3 Å². The normalized spacial score (nSPS) is 13.2. The van der Waals surface area contributed by atoms with Crippen molar-refractivity contribution in [1.29, 1.82) is 0 Å². The van der Waals surface area contributed by atoms with Crippen LogP contribution in [0.25, 0.3) is 5.57 Å². The summed E-state index contributed by atoms with van der Waals surface area (Å²) in [4.78, 5) is 0. The van der Waals surface area contributed by atoms with Crippen molar-refractivity contribution >= 4 is 5.57 Å². The lowest BCUT2D eigenvalue weighted by Gasteiger charge is -2.07. The molecule has 0 saturated carbocycles. The van der Waals surface area contributed by atoms with Crippen LogP contribution in [0.4, 0.5) is 0 Å². The molecular formula is C22H25N. The number of allylic oxidation sites excluding steroid dienone is 3. The van der Waals surface area contributed by atoms with Gasteiger partial charge in [0.2, 0.25) is 0 Å². The van der Waals surface area contributed by atoms with Crippen LogP contribution in [-0.4, -0.2) is 0 Å². The Morgan fingerprint density at radius 2 is 1.48 bits per heavy atom. The van der Waals surface area contributed by atoms with Crippen molar-refractivity contribution in [3.8, 4) is 0 Å². The molecule has 1 heteroatoms. The molecule has 0 radical (unpaired) electrons. The second kappa shape index (κ2) is 8.79. The Balaban J connectivity index is 0.000000595. The van der Waals surface area contributed by atoms with Crippen LogP contribution in [0.15, 0.2) is 85.6 Å². The molecule has 0 saturated heterocycles. The third-order valence-corrected chi connectivity index (χ3v) is 4.06. The summed E-state index contributed by atoms with van der Waals surface area (Å²) in [5.41, 5.74) is 11.6. The van der Waals surface area contributed by atoms with Gasteiger partial charge in [0.15, 0.2) is 0 Å². The largest absolute Gasteiger partial charge is 0.405 e. The van der Waals surface area contributed by atoms with E-state index < -0.39 is 0 Å². The van der Waals surface area contributed by atoms with Gasteiger partial charge in [0.1, 0.15) is 0 Å². The molecule has 3 rings (SSSR count). The summed E-state index contributed by atoms with van der Waals surface area (Å²) in [5.74, 6) is 0. The SMILES string of the molecule is C=CC1=C(c2ccc(Cc3ccccc3)cc2)CCC1.C=CN. The van der Waals surface area contributed by atoms with Gasteiger partial charge < -0.3 is 5.73 Å². The average molecular weight is 303 g/mol. The van der Waals surface area contributed by atoms with Gasteiger partial charge in [-0.25, -0.2) is 0 Å². The standard InChI is InChI=1S/C20H20.C2H5N/c1-2-18-9-6-10-20(18)19-13-11-17(12-14-19)15-16-7-4-3-5-8-16;1-2-3/h2-5,7-8,11-14H,1,6,9-10,15H2;2H,1,3H2. The number of hydrogen-bond donors (Lipinski definition) is 1. The van der Waals surface area contributed by atoms with Gasteiger partial charge in [0.25, 0.3) is 0 Å². The Morgan fingerprint density at radius 1 is 0.870 bits per heavy atom. The fourth-order valence-corrected chi connectivity index (χ4v) is 2.98. The van der Waals surface area contributed by atoms with Crippen molar-refractivity contribution in [3.63, 3.8) is 0 Å². The molecule has 2 N–H and O–H groups in total. The first kappa shape index (κ1) is 16.8. The minimum atomic E-state index is 1.01. The molecular weight excluding hydrogens is 278 g/mol. The maximum Gasteiger partial charge on any atom is -0.00258 e.